The third-order valence-corrected chi connectivity index (χ3v) is 5.41. The van der Waals surface area contributed by atoms with Gasteiger partial charge in [-0.25, -0.2) is 13.6 Å². The van der Waals surface area contributed by atoms with Gasteiger partial charge in [-0.1, -0.05) is 0 Å². The monoisotopic (exact) mass is 325 g/mol. The Morgan fingerprint density at radius 2 is 2.14 bits per heavy atom. The summed E-state index contributed by atoms with van der Waals surface area (Å²) in [6.07, 6.45) is 2.18. The first-order valence-electron chi connectivity index (χ1n) is 6.19. The van der Waals surface area contributed by atoms with E-state index in [4.69, 9.17) is 5.14 Å². The fourth-order valence-electron chi connectivity index (χ4n) is 1.76. The van der Waals surface area contributed by atoms with E-state index in [9.17, 15) is 13.2 Å². The number of sulfonamides is 1. The van der Waals surface area contributed by atoms with Crippen molar-refractivity contribution in [2.75, 3.05) is 6.54 Å². The van der Waals surface area contributed by atoms with E-state index >= 15 is 0 Å². The average Bonchev–Trinajstić information content (AvgIpc) is 2.88. The molecule has 2 aromatic rings. The molecule has 3 N–H and O–H groups in total. The Hall–Kier alpha value is -1.77. The van der Waals surface area contributed by atoms with E-state index in [0.29, 0.717) is 24.2 Å². The third-order valence-electron chi connectivity index (χ3n) is 2.83. The Morgan fingerprint density at radius 1 is 1.38 bits per heavy atom. The highest BCUT2D eigenvalue weighted by molar-refractivity contribution is 7.91. The fraction of sp³-hybridized carbons (Fsp3) is 0.231. The van der Waals surface area contributed by atoms with Gasteiger partial charge < -0.3 is 5.32 Å². The lowest BCUT2D eigenvalue weighted by atomic mass is 10.2. The molecule has 0 radical (unpaired) electrons. The summed E-state index contributed by atoms with van der Waals surface area (Å²) in [6.45, 7) is 2.18. The predicted octanol–water partition coefficient (Wildman–Crippen LogP) is 1.07. The molecule has 0 spiro atoms. The quantitative estimate of drug-likeness (QED) is 0.858. The number of hydrogen-bond donors (Lipinski definition) is 2. The van der Waals surface area contributed by atoms with Crippen LogP contribution in [-0.2, 0) is 16.4 Å². The van der Waals surface area contributed by atoms with Crippen LogP contribution in [0.4, 0.5) is 0 Å². The molecule has 0 aliphatic carbocycles. The van der Waals surface area contributed by atoms with Gasteiger partial charge in [-0.2, -0.15) is 0 Å². The zero-order valence-electron chi connectivity index (χ0n) is 11.4. The molecule has 0 fully saturated rings. The van der Waals surface area contributed by atoms with Crippen molar-refractivity contribution in [1.82, 2.24) is 10.3 Å². The molecular formula is C13H15N3O3S2. The molecular weight excluding hydrogens is 310 g/mol. The second-order valence-corrected chi connectivity index (χ2v) is 7.36. The molecule has 0 aliphatic rings. The lowest BCUT2D eigenvalue weighted by Crippen LogP contribution is -2.26. The maximum atomic E-state index is 12.0. The van der Waals surface area contributed by atoms with Crippen molar-refractivity contribution < 1.29 is 13.2 Å². The predicted molar refractivity (Wildman–Crippen MR) is 80.7 cm³/mol. The van der Waals surface area contributed by atoms with Gasteiger partial charge in [0, 0.05) is 23.3 Å². The Balaban J connectivity index is 1.92. The number of pyridine rings is 1. The van der Waals surface area contributed by atoms with Gasteiger partial charge in [0.25, 0.3) is 5.91 Å². The molecule has 112 valence electrons. The zero-order valence-corrected chi connectivity index (χ0v) is 13.0. The number of aromatic nitrogens is 1. The van der Waals surface area contributed by atoms with E-state index in [1.165, 1.54) is 6.07 Å². The van der Waals surface area contributed by atoms with Crippen molar-refractivity contribution >= 4 is 27.3 Å². The minimum absolute atomic E-state index is 0.131. The molecule has 21 heavy (non-hydrogen) atoms. The Kier molecular flexibility index (Phi) is 4.71. The number of aryl methyl sites for hydroxylation is 1. The van der Waals surface area contributed by atoms with Gasteiger partial charge in [-0.15, -0.1) is 11.3 Å². The highest BCUT2D eigenvalue weighted by Crippen LogP contribution is 2.20. The van der Waals surface area contributed by atoms with Crippen molar-refractivity contribution in [2.45, 2.75) is 17.6 Å². The molecule has 0 saturated carbocycles. The van der Waals surface area contributed by atoms with Crippen LogP contribution in [0.2, 0.25) is 0 Å². The van der Waals surface area contributed by atoms with E-state index < -0.39 is 10.0 Å². The van der Waals surface area contributed by atoms with Crippen molar-refractivity contribution in [3.8, 4) is 0 Å². The number of nitrogens with zero attached hydrogens (tertiary/aromatic N) is 1. The smallest absolute Gasteiger partial charge is 0.253 e. The largest absolute Gasteiger partial charge is 0.352 e. The van der Waals surface area contributed by atoms with E-state index in [-0.39, 0.29) is 10.1 Å². The fourth-order valence-corrected chi connectivity index (χ4v) is 3.54. The molecule has 2 aromatic heterocycles. The van der Waals surface area contributed by atoms with E-state index in [2.05, 4.69) is 10.3 Å². The molecule has 0 aliphatic heterocycles. The van der Waals surface area contributed by atoms with Gasteiger partial charge in [0.05, 0.1) is 5.56 Å². The van der Waals surface area contributed by atoms with Crippen LogP contribution in [0.15, 0.2) is 34.7 Å². The van der Waals surface area contributed by atoms with Crippen LogP contribution >= 0.6 is 11.3 Å². The van der Waals surface area contributed by atoms with Gasteiger partial charge in [-0.3, -0.25) is 9.78 Å². The first-order chi connectivity index (χ1) is 9.88. The van der Waals surface area contributed by atoms with Gasteiger partial charge in [-0.05, 0) is 37.6 Å². The summed E-state index contributed by atoms with van der Waals surface area (Å²) < 4.78 is 22.5. The SMILES string of the molecule is Cc1ncccc1C(=O)NCCc1ccc(S(N)(=O)=O)s1. The van der Waals surface area contributed by atoms with Gasteiger partial charge in [0.15, 0.2) is 0 Å². The van der Waals surface area contributed by atoms with E-state index in [1.54, 1.807) is 31.3 Å². The second kappa shape index (κ2) is 6.33. The number of primary sulfonamides is 1. The topological polar surface area (TPSA) is 102 Å². The number of nitrogens with one attached hydrogen (secondary N) is 1. The molecule has 0 bridgehead atoms. The average molecular weight is 325 g/mol. The Labute approximate surface area is 127 Å². The molecule has 0 saturated heterocycles. The summed E-state index contributed by atoms with van der Waals surface area (Å²) in [4.78, 5) is 16.9. The van der Waals surface area contributed by atoms with Crippen LogP contribution in [0, 0.1) is 6.92 Å². The molecule has 2 rings (SSSR count). The van der Waals surface area contributed by atoms with Gasteiger partial charge in [0.2, 0.25) is 10.0 Å². The van der Waals surface area contributed by atoms with Crippen molar-refractivity contribution in [3.05, 3.63) is 46.6 Å². The van der Waals surface area contributed by atoms with Gasteiger partial charge >= 0.3 is 0 Å². The zero-order chi connectivity index (χ0) is 15.5. The van der Waals surface area contributed by atoms with Crippen molar-refractivity contribution in [2.24, 2.45) is 5.14 Å². The first kappa shape index (κ1) is 15.6. The minimum atomic E-state index is -3.65. The van der Waals surface area contributed by atoms with Crippen LogP contribution in [0.25, 0.3) is 0 Å². The van der Waals surface area contributed by atoms with Crippen LogP contribution in [0.1, 0.15) is 20.9 Å². The summed E-state index contributed by atoms with van der Waals surface area (Å²) in [5, 5.41) is 7.83. The number of amides is 1. The summed E-state index contributed by atoms with van der Waals surface area (Å²) in [5.41, 5.74) is 1.21. The summed E-state index contributed by atoms with van der Waals surface area (Å²) in [5.74, 6) is -0.191. The lowest BCUT2D eigenvalue weighted by molar-refractivity contribution is 0.0953. The van der Waals surface area contributed by atoms with E-state index in [0.717, 1.165) is 16.2 Å². The Morgan fingerprint density at radius 3 is 2.76 bits per heavy atom. The number of carbonyl (C=O) groups excluding carboxylic acids is 1. The molecule has 6 nitrogen and oxygen atoms in total. The maximum Gasteiger partial charge on any atom is 0.253 e. The van der Waals surface area contributed by atoms with Crippen LogP contribution in [0.5, 0.6) is 0 Å². The molecule has 2 heterocycles. The number of thiophene rings is 1. The number of nitrogens with two attached hydrogens (primary N) is 1. The van der Waals surface area contributed by atoms with E-state index in [1.807, 2.05) is 0 Å². The lowest BCUT2D eigenvalue weighted by Gasteiger charge is -2.06. The van der Waals surface area contributed by atoms with Crippen LogP contribution in [-0.4, -0.2) is 25.9 Å². The van der Waals surface area contributed by atoms with Crippen molar-refractivity contribution in [1.29, 1.82) is 0 Å². The second-order valence-electron chi connectivity index (χ2n) is 4.41. The Bertz CT molecular complexity index is 754. The summed E-state index contributed by atoms with van der Waals surface area (Å²) in [6, 6.07) is 6.59. The third kappa shape index (κ3) is 4.10. The molecule has 0 atom stereocenters. The summed E-state index contributed by atoms with van der Waals surface area (Å²) in [7, 11) is -3.65. The normalized spacial score (nSPS) is 11.3. The highest BCUT2D eigenvalue weighted by Gasteiger charge is 2.12. The number of rotatable bonds is 5. The van der Waals surface area contributed by atoms with Gasteiger partial charge in [0.1, 0.15) is 4.21 Å². The minimum Gasteiger partial charge on any atom is -0.352 e. The number of carbonyl (C=O) groups is 1. The molecule has 0 unspecified atom stereocenters. The maximum absolute atomic E-state index is 12.0. The first-order valence-corrected chi connectivity index (χ1v) is 8.55. The standard InChI is InChI=1S/C13H15N3O3S2/c1-9-11(3-2-7-15-9)13(17)16-8-6-10-4-5-12(20-10)21(14,18)19/h2-5,7H,6,8H2,1H3,(H,16,17)(H2,14,18,19). The highest BCUT2D eigenvalue weighted by atomic mass is 32.2. The van der Waals surface area contributed by atoms with Crippen molar-refractivity contribution in [3.63, 3.8) is 0 Å². The molecule has 1 amide bonds. The molecule has 8 heteroatoms. The van der Waals surface area contributed by atoms with Crippen LogP contribution < -0.4 is 10.5 Å². The number of hydrogen-bond acceptors (Lipinski definition) is 5. The van der Waals surface area contributed by atoms with Crippen LogP contribution in [0.3, 0.4) is 0 Å². The summed E-state index contributed by atoms with van der Waals surface area (Å²) >= 11 is 1.11. The molecule has 0 aromatic carbocycles.